The summed E-state index contributed by atoms with van der Waals surface area (Å²) in [7, 11) is 3.77. The van der Waals surface area contributed by atoms with Gasteiger partial charge in [0.15, 0.2) is 5.96 Å². The summed E-state index contributed by atoms with van der Waals surface area (Å²) < 4.78 is 10.4. The molecule has 122 valence electrons. The Kier molecular flexibility index (Phi) is 12.5. The second kappa shape index (κ2) is 12.9. The van der Waals surface area contributed by atoms with Gasteiger partial charge in [-0.25, -0.2) is 0 Å². The molecule has 0 unspecified atom stereocenters. The van der Waals surface area contributed by atoms with Gasteiger partial charge in [0.1, 0.15) is 5.76 Å². The van der Waals surface area contributed by atoms with Crippen molar-refractivity contribution in [2.75, 3.05) is 40.4 Å². The largest absolute Gasteiger partial charge is 0.469 e. The van der Waals surface area contributed by atoms with Gasteiger partial charge in [0.05, 0.1) is 19.4 Å². The first-order valence-corrected chi connectivity index (χ1v) is 7.28. The van der Waals surface area contributed by atoms with Crippen LogP contribution in [0.5, 0.6) is 0 Å². The minimum atomic E-state index is 0. The fourth-order valence-corrected chi connectivity index (χ4v) is 1.81. The Morgan fingerprint density at radius 3 is 2.90 bits per heavy atom. The molecule has 0 radical (unpaired) electrons. The molecular weight excluding hydrogens is 381 g/mol. The van der Waals surface area contributed by atoms with Gasteiger partial charge in [-0.05, 0) is 18.6 Å². The van der Waals surface area contributed by atoms with Gasteiger partial charge in [0.2, 0.25) is 0 Å². The normalized spacial score (nSPS) is 11.1. The molecule has 0 aliphatic rings. The monoisotopic (exact) mass is 409 g/mol. The number of halogens is 1. The van der Waals surface area contributed by atoms with Gasteiger partial charge in [-0.1, -0.05) is 13.3 Å². The number of furan rings is 1. The van der Waals surface area contributed by atoms with Crippen LogP contribution < -0.4 is 5.32 Å². The molecule has 0 aliphatic heterocycles. The van der Waals surface area contributed by atoms with Crippen LogP contribution in [0, 0.1) is 0 Å². The van der Waals surface area contributed by atoms with E-state index in [1.807, 2.05) is 12.1 Å². The summed E-state index contributed by atoms with van der Waals surface area (Å²) in [6, 6.07) is 3.90. The third-order valence-corrected chi connectivity index (χ3v) is 3.00. The molecular formula is C15H28IN3O2. The SMILES string of the molecule is CCCCN(C)C(=NCCOC)NCCc1ccco1.I. The molecule has 0 aliphatic carbocycles. The van der Waals surface area contributed by atoms with Crippen molar-refractivity contribution < 1.29 is 9.15 Å². The fraction of sp³-hybridized carbons (Fsp3) is 0.667. The number of aliphatic imine (C=N–C) groups is 1. The molecule has 0 saturated heterocycles. The van der Waals surface area contributed by atoms with Crippen LogP contribution in [0.4, 0.5) is 0 Å². The van der Waals surface area contributed by atoms with Crippen molar-refractivity contribution in [3.63, 3.8) is 0 Å². The Bertz CT molecular complexity index is 369. The molecule has 5 nitrogen and oxygen atoms in total. The highest BCUT2D eigenvalue weighted by Gasteiger charge is 2.05. The van der Waals surface area contributed by atoms with Crippen LogP contribution in [0.2, 0.25) is 0 Å². The lowest BCUT2D eigenvalue weighted by Gasteiger charge is -2.22. The van der Waals surface area contributed by atoms with Crippen LogP contribution in [-0.4, -0.2) is 51.3 Å². The third kappa shape index (κ3) is 8.98. The minimum Gasteiger partial charge on any atom is -0.469 e. The minimum absolute atomic E-state index is 0. The highest BCUT2D eigenvalue weighted by Crippen LogP contribution is 2.00. The Morgan fingerprint density at radius 1 is 1.48 bits per heavy atom. The topological polar surface area (TPSA) is 50.0 Å². The number of unbranched alkanes of at least 4 members (excludes halogenated alkanes) is 1. The van der Waals surface area contributed by atoms with Crippen molar-refractivity contribution in [3.8, 4) is 0 Å². The van der Waals surface area contributed by atoms with E-state index in [0.29, 0.717) is 13.2 Å². The van der Waals surface area contributed by atoms with Gasteiger partial charge in [0.25, 0.3) is 0 Å². The van der Waals surface area contributed by atoms with Gasteiger partial charge in [-0.15, -0.1) is 24.0 Å². The van der Waals surface area contributed by atoms with Crippen molar-refractivity contribution in [1.29, 1.82) is 0 Å². The van der Waals surface area contributed by atoms with Gasteiger partial charge in [-0.2, -0.15) is 0 Å². The molecule has 0 fully saturated rings. The summed E-state index contributed by atoms with van der Waals surface area (Å²) in [6.45, 7) is 5.34. The molecule has 1 rings (SSSR count). The van der Waals surface area contributed by atoms with E-state index >= 15 is 0 Å². The molecule has 1 aromatic rings. The highest BCUT2D eigenvalue weighted by molar-refractivity contribution is 14.0. The number of nitrogens with one attached hydrogen (secondary N) is 1. The first-order valence-electron chi connectivity index (χ1n) is 7.28. The van der Waals surface area contributed by atoms with Crippen molar-refractivity contribution in [2.45, 2.75) is 26.2 Å². The van der Waals surface area contributed by atoms with Gasteiger partial charge < -0.3 is 19.4 Å². The number of nitrogens with zero attached hydrogens (tertiary/aromatic N) is 2. The van der Waals surface area contributed by atoms with Crippen LogP contribution in [0.1, 0.15) is 25.5 Å². The number of hydrogen-bond donors (Lipinski definition) is 1. The molecule has 0 amide bonds. The molecule has 21 heavy (non-hydrogen) atoms. The highest BCUT2D eigenvalue weighted by atomic mass is 127. The Morgan fingerprint density at radius 2 is 2.29 bits per heavy atom. The average Bonchev–Trinajstić information content (AvgIpc) is 2.96. The van der Waals surface area contributed by atoms with Gasteiger partial charge >= 0.3 is 0 Å². The van der Waals surface area contributed by atoms with Crippen LogP contribution in [-0.2, 0) is 11.2 Å². The average molecular weight is 409 g/mol. The Balaban J connectivity index is 0.00000400. The van der Waals surface area contributed by atoms with Crippen molar-refractivity contribution >= 4 is 29.9 Å². The zero-order valence-corrected chi connectivity index (χ0v) is 15.6. The lowest BCUT2D eigenvalue weighted by Crippen LogP contribution is -2.40. The van der Waals surface area contributed by atoms with Gasteiger partial charge in [-0.3, -0.25) is 4.99 Å². The molecule has 0 atom stereocenters. The van der Waals surface area contributed by atoms with E-state index < -0.39 is 0 Å². The van der Waals surface area contributed by atoms with Crippen LogP contribution in [0.15, 0.2) is 27.8 Å². The van der Waals surface area contributed by atoms with Crippen molar-refractivity contribution in [3.05, 3.63) is 24.2 Å². The van der Waals surface area contributed by atoms with Gasteiger partial charge in [0, 0.05) is 33.7 Å². The van der Waals surface area contributed by atoms with E-state index in [0.717, 1.165) is 31.2 Å². The number of hydrogen-bond acceptors (Lipinski definition) is 3. The molecule has 1 N–H and O–H groups in total. The third-order valence-electron chi connectivity index (χ3n) is 3.00. The maximum Gasteiger partial charge on any atom is 0.193 e. The molecule has 6 heteroatoms. The number of guanidine groups is 1. The first kappa shape index (κ1) is 20.2. The maximum absolute atomic E-state index is 5.33. The molecule has 1 aromatic heterocycles. The van der Waals surface area contributed by atoms with E-state index in [9.17, 15) is 0 Å². The van der Waals surface area contributed by atoms with E-state index in [1.54, 1.807) is 13.4 Å². The second-order valence-electron chi connectivity index (χ2n) is 4.73. The van der Waals surface area contributed by atoms with Crippen LogP contribution in [0.3, 0.4) is 0 Å². The molecule has 0 aromatic carbocycles. The smallest absolute Gasteiger partial charge is 0.193 e. The van der Waals surface area contributed by atoms with Crippen molar-refractivity contribution in [2.24, 2.45) is 4.99 Å². The van der Waals surface area contributed by atoms with E-state index in [1.165, 1.54) is 12.8 Å². The molecule has 1 heterocycles. The zero-order chi connectivity index (χ0) is 14.6. The lowest BCUT2D eigenvalue weighted by molar-refractivity contribution is 0.207. The first-order chi connectivity index (χ1) is 9.77. The summed E-state index contributed by atoms with van der Waals surface area (Å²) in [5.41, 5.74) is 0. The van der Waals surface area contributed by atoms with E-state index in [2.05, 4.69) is 29.2 Å². The zero-order valence-electron chi connectivity index (χ0n) is 13.3. The maximum atomic E-state index is 5.33. The van der Waals surface area contributed by atoms with E-state index in [4.69, 9.17) is 9.15 Å². The second-order valence-corrected chi connectivity index (χ2v) is 4.73. The summed E-state index contributed by atoms with van der Waals surface area (Å²) >= 11 is 0. The predicted octanol–water partition coefficient (Wildman–Crippen LogP) is 2.76. The van der Waals surface area contributed by atoms with Crippen LogP contribution >= 0.6 is 24.0 Å². The number of rotatable bonds is 9. The van der Waals surface area contributed by atoms with Crippen molar-refractivity contribution in [1.82, 2.24) is 10.2 Å². The number of methoxy groups -OCH3 is 1. The summed E-state index contributed by atoms with van der Waals surface area (Å²) in [5, 5.41) is 3.39. The molecule has 0 spiro atoms. The van der Waals surface area contributed by atoms with E-state index in [-0.39, 0.29) is 24.0 Å². The summed E-state index contributed by atoms with van der Waals surface area (Å²) in [4.78, 5) is 6.73. The van der Waals surface area contributed by atoms with Crippen LogP contribution in [0.25, 0.3) is 0 Å². The quantitative estimate of drug-likeness (QED) is 0.295. The Hall–Kier alpha value is -0.760. The number of ether oxygens (including phenoxy) is 1. The standard InChI is InChI=1S/C15H27N3O2.HI/c1-4-5-11-18(2)15(17-10-13-19-3)16-9-8-14-7-6-12-20-14;/h6-7,12H,4-5,8-11,13H2,1-3H3,(H,16,17);1H. The predicted molar refractivity (Wildman–Crippen MR) is 97.5 cm³/mol. The fourth-order valence-electron chi connectivity index (χ4n) is 1.81. The molecule has 0 saturated carbocycles. The summed E-state index contributed by atoms with van der Waals surface area (Å²) in [5.74, 6) is 1.92. The molecule has 0 bridgehead atoms. The lowest BCUT2D eigenvalue weighted by atomic mass is 10.3. The summed E-state index contributed by atoms with van der Waals surface area (Å²) in [6.07, 6.45) is 4.91. The Labute approximate surface area is 145 Å².